The molecule has 3 aliphatic rings. The molecule has 0 unspecified atom stereocenters. The van der Waals surface area contributed by atoms with Gasteiger partial charge in [-0.1, -0.05) is 23.9 Å². The first kappa shape index (κ1) is 16.6. The Bertz CT molecular complexity index is 889. The Hall–Kier alpha value is -2.55. The maximum absolute atomic E-state index is 13.0. The van der Waals surface area contributed by atoms with Crippen molar-refractivity contribution in [2.75, 3.05) is 30.3 Å². The number of thioether (sulfide) groups is 1. The third-order valence-corrected chi connectivity index (χ3v) is 6.22. The molecular weight excluding hydrogens is 368 g/mol. The standard InChI is InChI=1S/C18H18N4O4S/c23-15-10-27-18(25)22(15)11-8-20(9-11)16(24)13-5-3-7-21(13)17-19-12-4-1-2-6-14(12)26-17/h1-2,4,6,11,13H,3,5,7-10H2/t13-/m0/s1. The maximum atomic E-state index is 13.0. The molecule has 1 atom stereocenters. The molecule has 0 aliphatic carbocycles. The largest absolute Gasteiger partial charge is 0.423 e. The number of hydrogen-bond donors (Lipinski definition) is 0. The molecule has 0 radical (unpaired) electrons. The number of fused-ring (bicyclic) bond motifs is 1. The van der Waals surface area contributed by atoms with E-state index in [0.717, 1.165) is 36.7 Å². The average Bonchev–Trinajstić information content (AvgIpc) is 3.33. The predicted octanol–water partition coefficient (Wildman–Crippen LogP) is 1.70. The van der Waals surface area contributed by atoms with Gasteiger partial charge in [-0.2, -0.15) is 4.98 Å². The van der Waals surface area contributed by atoms with Crippen molar-refractivity contribution in [1.82, 2.24) is 14.8 Å². The predicted molar refractivity (Wildman–Crippen MR) is 99.4 cm³/mol. The maximum Gasteiger partial charge on any atom is 0.299 e. The van der Waals surface area contributed by atoms with Gasteiger partial charge >= 0.3 is 0 Å². The number of carbonyl (C=O) groups is 3. The summed E-state index contributed by atoms with van der Waals surface area (Å²) < 4.78 is 5.84. The SMILES string of the molecule is O=C([C@@H]1CCCN1c1nc2ccccc2o1)N1CC(N2C(=O)CSC2=O)C1. The molecule has 3 fully saturated rings. The molecule has 8 nitrogen and oxygen atoms in total. The molecule has 1 aromatic carbocycles. The van der Waals surface area contributed by atoms with Crippen LogP contribution < -0.4 is 4.90 Å². The van der Waals surface area contributed by atoms with Crippen molar-refractivity contribution in [3.05, 3.63) is 24.3 Å². The van der Waals surface area contributed by atoms with Crippen molar-refractivity contribution in [1.29, 1.82) is 0 Å². The van der Waals surface area contributed by atoms with E-state index in [0.29, 0.717) is 24.7 Å². The molecule has 1 aromatic heterocycles. The summed E-state index contributed by atoms with van der Waals surface area (Å²) in [4.78, 5) is 46.1. The van der Waals surface area contributed by atoms with Crippen molar-refractivity contribution in [2.24, 2.45) is 0 Å². The molecule has 140 valence electrons. The summed E-state index contributed by atoms with van der Waals surface area (Å²) in [7, 11) is 0. The zero-order chi connectivity index (χ0) is 18.5. The molecule has 0 N–H and O–H groups in total. The van der Waals surface area contributed by atoms with Crippen LogP contribution in [0.5, 0.6) is 0 Å². The smallest absolute Gasteiger partial charge is 0.299 e. The van der Waals surface area contributed by atoms with E-state index in [1.165, 1.54) is 4.90 Å². The highest BCUT2D eigenvalue weighted by atomic mass is 32.2. The minimum absolute atomic E-state index is 0.0118. The van der Waals surface area contributed by atoms with Gasteiger partial charge in [0.15, 0.2) is 5.58 Å². The highest BCUT2D eigenvalue weighted by molar-refractivity contribution is 8.14. The van der Waals surface area contributed by atoms with Crippen LogP contribution in [0.25, 0.3) is 11.1 Å². The van der Waals surface area contributed by atoms with Crippen LogP contribution >= 0.6 is 11.8 Å². The zero-order valence-electron chi connectivity index (χ0n) is 14.5. The second-order valence-electron chi connectivity index (χ2n) is 7.03. The molecule has 3 aliphatic heterocycles. The molecular formula is C18H18N4O4S. The van der Waals surface area contributed by atoms with Crippen LogP contribution in [0.4, 0.5) is 10.8 Å². The van der Waals surface area contributed by atoms with Crippen LogP contribution in [-0.2, 0) is 9.59 Å². The van der Waals surface area contributed by atoms with Crippen LogP contribution in [0, 0.1) is 0 Å². The lowest BCUT2D eigenvalue weighted by Gasteiger charge is -2.44. The van der Waals surface area contributed by atoms with E-state index in [1.54, 1.807) is 4.90 Å². The zero-order valence-corrected chi connectivity index (χ0v) is 15.4. The van der Waals surface area contributed by atoms with E-state index in [4.69, 9.17) is 4.42 Å². The van der Waals surface area contributed by atoms with Gasteiger partial charge in [0.25, 0.3) is 11.3 Å². The second kappa shape index (κ2) is 6.26. The Morgan fingerprint density at radius 2 is 2.04 bits per heavy atom. The number of hydrogen-bond acceptors (Lipinski definition) is 7. The summed E-state index contributed by atoms with van der Waals surface area (Å²) in [5.41, 5.74) is 1.48. The summed E-state index contributed by atoms with van der Waals surface area (Å²) in [6.07, 6.45) is 1.64. The van der Waals surface area contributed by atoms with E-state index >= 15 is 0 Å². The van der Waals surface area contributed by atoms with Crippen LogP contribution in [0.2, 0.25) is 0 Å². The number of rotatable bonds is 3. The third kappa shape index (κ3) is 2.68. The summed E-state index contributed by atoms with van der Waals surface area (Å²) in [6, 6.07) is 7.52. The van der Waals surface area contributed by atoms with Crippen molar-refractivity contribution in [2.45, 2.75) is 24.9 Å². The van der Waals surface area contributed by atoms with Gasteiger partial charge in [-0.05, 0) is 25.0 Å². The van der Waals surface area contributed by atoms with Gasteiger partial charge in [-0.25, -0.2) is 0 Å². The second-order valence-corrected chi connectivity index (χ2v) is 7.96. The van der Waals surface area contributed by atoms with Crippen LogP contribution in [0.15, 0.2) is 28.7 Å². The number of para-hydroxylation sites is 2. The molecule has 0 spiro atoms. The Kier molecular flexibility index (Phi) is 3.85. The molecule has 9 heteroatoms. The monoisotopic (exact) mass is 386 g/mol. The summed E-state index contributed by atoms with van der Waals surface area (Å²) >= 11 is 1.03. The lowest BCUT2D eigenvalue weighted by molar-refractivity contribution is -0.143. The highest BCUT2D eigenvalue weighted by Crippen LogP contribution is 2.31. The van der Waals surface area contributed by atoms with E-state index in [1.807, 2.05) is 29.2 Å². The molecule has 3 amide bonds. The van der Waals surface area contributed by atoms with E-state index in [-0.39, 0.29) is 34.9 Å². The number of likely N-dealkylation sites (tertiary alicyclic amines) is 1. The first-order valence-corrected chi connectivity index (χ1v) is 10.0. The first-order chi connectivity index (χ1) is 13.1. The fraction of sp³-hybridized carbons (Fsp3) is 0.444. The Balaban J connectivity index is 1.29. The fourth-order valence-electron chi connectivity index (χ4n) is 3.96. The number of oxazole rings is 1. The first-order valence-electron chi connectivity index (χ1n) is 9.01. The minimum Gasteiger partial charge on any atom is -0.423 e. The fourth-order valence-corrected chi connectivity index (χ4v) is 4.74. The quantitative estimate of drug-likeness (QED) is 0.793. The van der Waals surface area contributed by atoms with Gasteiger partial charge in [-0.15, -0.1) is 0 Å². The molecule has 27 heavy (non-hydrogen) atoms. The van der Waals surface area contributed by atoms with Gasteiger partial charge in [0.2, 0.25) is 11.8 Å². The van der Waals surface area contributed by atoms with Crippen molar-refractivity contribution in [3.63, 3.8) is 0 Å². The number of benzene rings is 1. The van der Waals surface area contributed by atoms with Gasteiger partial charge < -0.3 is 14.2 Å². The topological polar surface area (TPSA) is 87.0 Å². The molecule has 2 aromatic rings. The molecule has 5 rings (SSSR count). The van der Waals surface area contributed by atoms with E-state index < -0.39 is 0 Å². The third-order valence-electron chi connectivity index (χ3n) is 5.39. The number of carbonyl (C=O) groups excluding carboxylic acids is 3. The Morgan fingerprint density at radius 1 is 1.22 bits per heavy atom. The normalized spacial score (nSPS) is 23.6. The lowest BCUT2D eigenvalue weighted by Crippen LogP contribution is -2.64. The van der Waals surface area contributed by atoms with E-state index in [9.17, 15) is 14.4 Å². The van der Waals surface area contributed by atoms with Crippen molar-refractivity contribution < 1.29 is 18.8 Å². The van der Waals surface area contributed by atoms with Crippen LogP contribution in [-0.4, -0.2) is 69.3 Å². The number of aromatic nitrogens is 1. The average molecular weight is 386 g/mol. The van der Waals surface area contributed by atoms with Gasteiger partial charge in [0.1, 0.15) is 11.6 Å². The van der Waals surface area contributed by atoms with Gasteiger partial charge in [0, 0.05) is 19.6 Å². The van der Waals surface area contributed by atoms with E-state index in [2.05, 4.69) is 4.98 Å². The van der Waals surface area contributed by atoms with Crippen LogP contribution in [0.1, 0.15) is 12.8 Å². The summed E-state index contributed by atoms with van der Waals surface area (Å²) in [6.45, 7) is 1.55. The minimum atomic E-state index is -0.307. The number of nitrogens with zero attached hydrogens (tertiary/aromatic N) is 4. The number of amides is 3. The molecule has 0 bridgehead atoms. The lowest BCUT2D eigenvalue weighted by atomic mass is 10.0. The van der Waals surface area contributed by atoms with Gasteiger partial charge in [-0.3, -0.25) is 19.3 Å². The van der Waals surface area contributed by atoms with Crippen molar-refractivity contribution in [3.8, 4) is 0 Å². The summed E-state index contributed by atoms with van der Waals surface area (Å²) in [5.74, 6) is 0.0611. The number of anilines is 1. The highest BCUT2D eigenvalue weighted by Gasteiger charge is 2.46. The molecule has 3 saturated heterocycles. The van der Waals surface area contributed by atoms with Gasteiger partial charge in [0.05, 0.1) is 11.8 Å². The number of imide groups is 1. The van der Waals surface area contributed by atoms with Crippen LogP contribution in [0.3, 0.4) is 0 Å². The Labute approximate surface area is 159 Å². The van der Waals surface area contributed by atoms with Crippen molar-refractivity contribution >= 4 is 45.9 Å². The Morgan fingerprint density at radius 3 is 2.78 bits per heavy atom. The molecule has 0 saturated carbocycles. The summed E-state index contributed by atoms with van der Waals surface area (Å²) in [5, 5.41) is -0.203. The molecule has 4 heterocycles.